The summed E-state index contributed by atoms with van der Waals surface area (Å²) in [6, 6.07) is 15.7. The topological polar surface area (TPSA) is 113 Å². The summed E-state index contributed by atoms with van der Waals surface area (Å²) >= 11 is 2.91. The standard InChI is InChI=1S/C25H19N3O5S2/c29-23-18-14-10-15(19(18)24(30)27(23)12-6-8-13(9-7-12)28(32)33)20-17(14)16(11-4-2-1-3-5-11)21-22(34-20)26-25(31)35-21/h1-9,14-20H,10H2,(H,26,31)/t14-,15-,16+,17+,18+,19+,20-/m1/s1. The zero-order valence-corrected chi connectivity index (χ0v) is 19.8. The number of rotatable bonds is 3. The smallest absolute Gasteiger partial charge is 0.305 e. The molecular weight excluding hydrogens is 486 g/mol. The Morgan fingerprint density at radius 2 is 1.63 bits per heavy atom. The van der Waals surface area contributed by atoms with Gasteiger partial charge in [0.2, 0.25) is 11.8 Å². The van der Waals surface area contributed by atoms with Crippen molar-refractivity contribution in [2.45, 2.75) is 22.6 Å². The van der Waals surface area contributed by atoms with Crippen LogP contribution in [0.4, 0.5) is 11.4 Å². The molecule has 0 spiro atoms. The van der Waals surface area contributed by atoms with Crippen molar-refractivity contribution in [3.05, 3.63) is 84.8 Å². The number of carbonyl (C=O) groups excluding carboxylic acids is 2. The molecule has 176 valence electrons. The van der Waals surface area contributed by atoms with E-state index >= 15 is 0 Å². The second-order valence-electron chi connectivity index (χ2n) is 9.66. The van der Waals surface area contributed by atoms with Crippen LogP contribution >= 0.6 is 23.1 Å². The molecule has 3 fully saturated rings. The SMILES string of the molecule is O=C1[C@H]2[C@H]3C[C@@H]([C@@H]2C(=O)N1c1ccc([N+](=O)[O-])cc1)[C@H]1[C@H](c2ccccc2)c2sc(=O)[nH]c2S[C@H]31. The summed E-state index contributed by atoms with van der Waals surface area (Å²) in [5.74, 6) is -0.951. The molecule has 7 rings (SSSR count). The number of nitro groups is 1. The van der Waals surface area contributed by atoms with E-state index in [2.05, 4.69) is 17.1 Å². The summed E-state index contributed by atoms with van der Waals surface area (Å²) in [6.45, 7) is 0. The maximum atomic E-state index is 13.7. The average Bonchev–Trinajstić information content (AvgIpc) is 3.58. The lowest BCUT2D eigenvalue weighted by Crippen LogP contribution is -2.42. The maximum Gasteiger partial charge on any atom is 0.305 e. The van der Waals surface area contributed by atoms with Crippen molar-refractivity contribution in [2.24, 2.45) is 29.6 Å². The van der Waals surface area contributed by atoms with Gasteiger partial charge in [-0.2, -0.15) is 0 Å². The third-order valence-electron chi connectivity index (χ3n) is 8.20. The fourth-order valence-corrected chi connectivity index (χ4v) is 9.92. The first-order chi connectivity index (χ1) is 16.9. The van der Waals surface area contributed by atoms with Gasteiger partial charge in [-0.3, -0.25) is 29.4 Å². The predicted octanol–water partition coefficient (Wildman–Crippen LogP) is 4.02. The number of non-ortho nitro benzene ring substituents is 1. The summed E-state index contributed by atoms with van der Waals surface area (Å²) in [4.78, 5) is 55.3. The molecule has 1 saturated heterocycles. The summed E-state index contributed by atoms with van der Waals surface area (Å²) < 4.78 is 0. The van der Waals surface area contributed by atoms with E-state index in [0.29, 0.717) is 5.69 Å². The quantitative estimate of drug-likeness (QED) is 0.327. The normalized spacial score (nSPS) is 32.5. The van der Waals surface area contributed by atoms with E-state index < -0.39 is 10.8 Å². The molecule has 10 heteroatoms. The number of H-pyrrole nitrogens is 1. The second-order valence-corrected chi connectivity index (χ2v) is 11.9. The first-order valence-corrected chi connectivity index (χ1v) is 13.2. The fraction of sp³-hybridized carbons (Fsp3) is 0.320. The number of hydrogen-bond donors (Lipinski definition) is 1. The molecule has 4 aliphatic rings. The molecule has 2 amide bonds. The fourth-order valence-electron chi connectivity index (χ4n) is 7.03. The van der Waals surface area contributed by atoms with Gasteiger partial charge in [-0.15, -0.1) is 11.8 Å². The number of thiazole rings is 1. The number of benzene rings is 2. The molecule has 2 bridgehead atoms. The van der Waals surface area contributed by atoms with Crippen LogP contribution in [-0.2, 0) is 9.59 Å². The predicted molar refractivity (Wildman–Crippen MR) is 131 cm³/mol. The molecule has 7 atom stereocenters. The highest BCUT2D eigenvalue weighted by Gasteiger charge is 2.69. The van der Waals surface area contributed by atoms with E-state index in [1.807, 2.05) is 18.2 Å². The summed E-state index contributed by atoms with van der Waals surface area (Å²) in [6.07, 6.45) is 0.825. The number of nitrogens with zero attached hydrogens (tertiary/aromatic N) is 2. The number of amides is 2. The molecule has 2 aliphatic heterocycles. The molecule has 8 nitrogen and oxygen atoms in total. The van der Waals surface area contributed by atoms with E-state index in [-0.39, 0.29) is 57.2 Å². The number of fused-ring (bicyclic) bond motifs is 9. The highest BCUT2D eigenvalue weighted by molar-refractivity contribution is 8.00. The molecule has 2 aliphatic carbocycles. The number of hydrogen-bond acceptors (Lipinski definition) is 7. The van der Waals surface area contributed by atoms with Crippen LogP contribution in [0.5, 0.6) is 0 Å². The Hall–Kier alpha value is -3.24. The van der Waals surface area contributed by atoms with Crippen LogP contribution < -0.4 is 9.77 Å². The van der Waals surface area contributed by atoms with Crippen LogP contribution in [0.3, 0.4) is 0 Å². The highest BCUT2D eigenvalue weighted by Crippen LogP contribution is 2.68. The van der Waals surface area contributed by atoms with Crippen molar-refractivity contribution in [3.63, 3.8) is 0 Å². The molecule has 2 saturated carbocycles. The summed E-state index contributed by atoms with van der Waals surface area (Å²) in [5.41, 5.74) is 1.44. The monoisotopic (exact) mass is 505 g/mol. The lowest BCUT2D eigenvalue weighted by atomic mass is 9.68. The third kappa shape index (κ3) is 2.83. The van der Waals surface area contributed by atoms with E-state index in [0.717, 1.165) is 21.9 Å². The zero-order chi connectivity index (χ0) is 24.0. The number of anilines is 1. The Bertz CT molecular complexity index is 1450. The third-order valence-corrected chi connectivity index (χ3v) is 10.8. The lowest BCUT2D eigenvalue weighted by Gasteiger charge is -2.43. The molecule has 1 N–H and O–H groups in total. The molecule has 3 heterocycles. The number of aromatic amines is 1. The van der Waals surface area contributed by atoms with E-state index in [1.165, 1.54) is 40.5 Å². The van der Waals surface area contributed by atoms with E-state index in [1.54, 1.807) is 11.8 Å². The van der Waals surface area contributed by atoms with Crippen molar-refractivity contribution < 1.29 is 14.5 Å². The van der Waals surface area contributed by atoms with Gasteiger partial charge in [0.05, 0.1) is 27.5 Å². The Morgan fingerprint density at radius 3 is 2.31 bits per heavy atom. The largest absolute Gasteiger partial charge is 0.307 e. The van der Waals surface area contributed by atoms with Gasteiger partial charge in [0.25, 0.3) is 5.69 Å². The zero-order valence-electron chi connectivity index (χ0n) is 18.2. The summed E-state index contributed by atoms with van der Waals surface area (Å²) in [7, 11) is 0. The van der Waals surface area contributed by atoms with Gasteiger partial charge in [-0.1, -0.05) is 41.7 Å². The van der Waals surface area contributed by atoms with Gasteiger partial charge in [-0.05, 0) is 41.9 Å². The minimum Gasteiger partial charge on any atom is -0.307 e. The lowest BCUT2D eigenvalue weighted by molar-refractivity contribution is -0.384. The van der Waals surface area contributed by atoms with Crippen molar-refractivity contribution >= 4 is 46.3 Å². The van der Waals surface area contributed by atoms with Crippen molar-refractivity contribution in [3.8, 4) is 0 Å². The Kier molecular flexibility index (Phi) is 4.44. The van der Waals surface area contributed by atoms with Crippen LogP contribution in [0, 0.1) is 39.7 Å². The van der Waals surface area contributed by atoms with E-state index in [9.17, 15) is 24.5 Å². The molecule has 0 unspecified atom stereocenters. The molecule has 1 aromatic heterocycles. The Morgan fingerprint density at radius 1 is 0.943 bits per heavy atom. The second kappa shape index (κ2) is 7.38. The summed E-state index contributed by atoms with van der Waals surface area (Å²) in [5, 5.41) is 12.1. The van der Waals surface area contributed by atoms with Crippen molar-refractivity contribution in [1.82, 2.24) is 4.98 Å². The van der Waals surface area contributed by atoms with Gasteiger partial charge >= 0.3 is 4.87 Å². The Labute approximate surface area is 207 Å². The van der Waals surface area contributed by atoms with Gasteiger partial charge in [0.1, 0.15) is 0 Å². The van der Waals surface area contributed by atoms with Gasteiger partial charge < -0.3 is 4.98 Å². The number of nitro benzene ring substituents is 1. The minimum atomic E-state index is -0.499. The first-order valence-electron chi connectivity index (χ1n) is 11.5. The van der Waals surface area contributed by atoms with Gasteiger partial charge in [-0.25, -0.2) is 0 Å². The number of imide groups is 1. The van der Waals surface area contributed by atoms with Crippen LogP contribution in [0.25, 0.3) is 0 Å². The number of nitrogens with one attached hydrogen (secondary N) is 1. The number of thioether (sulfide) groups is 1. The molecular formula is C25H19N3O5S2. The Balaban J connectivity index is 1.29. The first kappa shape index (κ1) is 21.1. The van der Waals surface area contributed by atoms with Crippen LogP contribution in [-0.4, -0.2) is 27.0 Å². The minimum absolute atomic E-state index is 0.00803. The van der Waals surface area contributed by atoms with E-state index in [4.69, 9.17) is 0 Å². The van der Waals surface area contributed by atoms with Crippen LogP contribution in [0.1, 0.15) is 22.8 Å². The van der Waals surface area contributed by atoms with Crippen molar-refractivity contribution in [1.29, 1.82) is 0 Å². The van der Waals surface area contributed by atoms with Gasteiger partial charge in [0, 0.05) is 28.2 Å². The number of carbonyl (C=O) groups is 2. The molecule has 3 aromatic rings. The number of aromatic nitrogens is 1. The molecule has 35 heavy (non-hydrogen) atoms. The van der Waals surface area contributed by atoms with Gasteiger partial charge in [0.15, 0.2) is 0 Å². The van der Waals surface area contributed by atoms with Crippen molar-refractivity contribution in [2.75, 3.05) is 4.90 Å². The van der Waals surface area contributed by atoms with Crippen LogP contribution in [0.15, 0.2) is 64.4 Å². The highest BCUT2D eigenvalue weighted by atomic mass is 32.2. The molecule has 0 radical (unpaired) electrons. The maximum absolute atomic E-state index is 13.7. The molecule has 2 aromatic carbocycles. The average molecular weight is 506 g/mol. The van der Waals surface area contributed by atoms with Crippen LogP contribution in [0.2, 0.25) is 0 Å².